The van der Waals surface area contributed by atoms with E-state index in [1.165, 1.54) is 0 Å². The van der Waals surface area contributed by atoms with Gasteiger partial charge in [-0.05, 0) is 47.6 Å². The summed E-state index contributed by atoms with van der Waals surface area (Å²) in [6.45, 7) is 4.09. The summed E-state index contributed by atoms with van der Waals surface area (Å²) in [7, 11) is 1.88. The summed E-state index contributed by atoms with van der Waals surface area (Å²) < 4.78 is 1.76. The van der Waals surface area contributed by atoms with Crippen molar-refractivity contribution in [1.29, 1.82) is 0 Å². The van der Waals surface area contributed by atoms with E-state index in [0.717, 1.165) is 33.2 Å². The van der Waals surface area contributed by atoms with Crippen molar-refractivity contribution in [2.75, 3.05) is 11.1 Å². The van der Waals surface area contributed by atoms with E-state index in [-0.39, 0.29) is 23.7 Å². The predicted molar refractivity (Wildman–Crippen MR) is 119 cm³/mol. The van der Waals surface area contributed by atoms with Crippen LogP contribution in [-0.2, 0) is 11.8 Å². The van der Waals surface area contributed by atoms with Crippen LogP contribution in [0, 0.1) is 18.8 Å². The summed E-state index contributed by atoms with van der Waals surface area (Å²) >= 11 is 0. The number of hydrogen-bond donors (Lipinski definition) is 2. The number of nitrogens with two attached hydrogens (primary N) is 1. The van der Waals surface area contributed by atoms with E-state index < -0.39 is 0 Å². The Bertz CT molecular complexity index is 1310. The van der Waals surface area contributed by atoms with E-state index >= 15 is 0 Å². The number of fused-ring (bicyclic) bond motifs is 1. The van der Waals surface area contributed by atoms with E-state index in [4.69, 9.17) is 5.73 Å². The number of aromatic nitrogens is 5. The normalized spacial score (nSPS) is 20.0. The molecule has 4 aromatic heterocycles. The lowest BCUT2D eigenvalue weighted by Crippen LogP contribution is -2.16. The van der Waals surface area contributed by atoms with Crippen LogP contribution >= 0.6 is 0 Å². The minimum atomic E-state index is -0.0854. The molecule has 4 heterocycles. The fourth-order valence-corrected chi connectivity index (χ4v) is 4.31. The average molecular weight is 413 g/mol. The zero-order chi connectivity index (χ0) is 21.7. The molecule has 0 saturated heterocycles. The van der Waals surface area contributed by atoms with Crippen LogP contribution in [0.4, 0.5) is 11.6 Å². The number of aryl methyl sites for hydroxylation is 2. The molecule has 0 unspecified atom stereocenters. The molecular formula is C23H23N7O. The Labute approximate surface area is 179 Å². The molecule has 1 aliphatic carbocycles. The van der Waals surface area contributed by atoms with Gasteiger partial charge in [-0.15, -0.1) is 0 Å². The van der Waals surface area contributed by atoms with Gasteiger partial charge in [-0.25, -0.2) is 9.97 Å². The van der Waals surface area contributed by atoms with Crippen molar-refractivity contribution < 1.29 is 4.79 Å². The number of rotatable bonds is 4. The van der Waals surface area contributed by atoms with Gasteiger partial charge in [0.25, 0.3) is 0 Å². The van der Waals surface area contributed by atoms with Crippen LogP contribution in [-0.4, -0.2) is 30.6 Å². The molecule has 1 saturated carbocycles. The fraction of sp³-hybridized carbons (Fsp3) is 0.261. The molecule has 156 valence electrons. The van der Waals surface area contributed by atoms with Gasteiger partial charge < -0.3 is 11.1 Å². The zero-order valence-corrected chi connectivity index (χ0v) is 17.6. The second kappa shape index (κ2) is 7.16. The maximum absolute atomic E-state index is 12.9. The number of pyridine rings is 3. The highest BCUT2D eigenvalue weighted by atomic mass is 16.2. The van der Waals surface area contributed by atoms with Crippen molar-refractivity contribution in [3.05, 3.63) is 60.3 Å². The van der Waals surface area contributed by atoms with E-state index in [9.17, 15) is 4.79 Å². The molecule has 0 bridgehead atoms. The third-order valence-electron chi connectivity index (χ3n) is 6.10. The molecule has 1 aliphatic rings. The Hall–Kier alpha value is -3.81. The van der Waals surface area contributed by atoms with Crippen molar-refractivity contribution in [2.24, 2.45) is 18.9 Å². The number of nitrogens with zero attached hydrogens (tertiary/aromatic N) is 5. The SMILES string of the molecule is Cc1ccncc1-c1cc2cc(NC(=O)[C@@H]3[C@@H](C)[C@H]3c3cnn(C)c3)ncc2c(N)n1. The highest BCUT2D eigenvalue weighted by Crippen LogP contribution is 2.54. The van der Waals surface area contributed by atoms with Gasteiger partial charge in [0.05, 0.1) is 11.9 Å². The first-order valence-corrected chi connectivity index (χ1v) is 10.2. The molecule has 3 N–H and O–H groups in total. The summed E-state index contributed by atoms with van der Waals surface area (Å²) in [5, 5.41) is 8.81. The maximum Gasteiger partial charge on any atom is 0.229 e. The smallest absolute Gasteiger partial charge is 0.229 e. The molecule has 0 radical (unpaired) electrons. The number of carbonyl (C=O) groups excluding carboxylic acids is 1. The lowest BCUT2D eigenvalue weighted by atomic mass is 10.1. The second-order valence-electron chi connectivity index (χ2n) is 8.22. The van der Waals surface area contributed by atoms with E-state index in [2.05, 4.69) is 32.3 Å². The number of anilines is 2. The molecule has 8 heteroatoms. The molecular weight excluding hydrogens is 390 g/mol. The van der Waals surface area contributed by atoms with Crippen molar-refractivity contribution in [1.82, 2.24) is 24.7 Å². The van der Waals surface area contributed by atoms with Crippen LogP contribution in [0.5, 0.6) is 0 Å². The van der Waals surface area contributed by atoms with E-state index in [1.54, 1.807) is 23.3 Å². The number of amides is 1. The lowest BCUT2D eigenvalue weighted by molar-refractivity contribution is -0.117. The largest absolute Gasteiger partial charge is 0.383 e. The van der Waals surface area contributed by atoms with Gasteiger partial charge in [-0.2, -0.15) is 5.10 Å². The standard InChI is InChI=1S/C23H23N7O/c1-12-4-5-25-9-16(12)18-6-14-7-19(26-10-17(14)22(24)28-18)29-23(31)21-13(2)20(21)15-8-27-30(3)11-15/h4-11,13,20-21H,1-3H3,(H2,24,28)(H,26,29,31)/t13-,20-,21+/m0/s1. The lowest BCUT2D eigenvalue weighted by Gasteiger charge is -2.10. The van der Waals surface area contributed by atoms with E-state index in [0.29, 0.717) is 11.6 Å². The van der Waals surface area contributed by atoms with Gasteiger partial charge >= 0.3 is 0 Å². The van der Waals surface area contributed by atoms with Crippen molar-refractivity contribution >= 4 is 28.3 Å². The minimum Gasteiger partial charge on any atom is -0.383 e. The van der Waals surface area contributed by atoms with Gasteiger partial charge in [0.2, 0.25) is 5.91 Å². The van der Waals surface area contributed by atoms with Crippen LogP contribution in [0.25, 0.3) is 22.0 Å². The highest BCUT2D eigenvalue weighted by molar-refractivity contribution is 5.99. The second-order valence-corrected chi connectivity index (χ2v) is 8.22. The number of hydrogen-bond acceptors (Lipinski definition) is 6. The molecule has 31 heavy (non-hydrogen) atoms. The minimum absolute atomic E-state index is 0.0291. The summed E-state index contributed by atoms with van der Waals surface area (Å²) in [4.78, 5) is 26.0. The summed E-state index contributed by atoms with van der Waals surface area (Å²) in [5.74, 6) is 1.24. The molecule has 1 amide bonds. The molecule has 4 aromatic rings. The van der Waals surface area contributed by atoms with Gasteiger partial charge in [-0.3, -0.25) is 14.5 Å². The number of nitrogen functional groups attached to an aromatic ring is 1. The van der Waals surface area contributed by atoms with Crippen LogP contribution in [0.2, 0.25) is 0 Å². The predicted octanol–water partition coefficient (Wildman–Crippen LogP) is 3.30. The van der Waals surface area contributed by atoms with Crippen molar-refractivity contribution in [3.8, 4) is 11.3 Å². The molecule has 0 spiro atoms. The van der Waals surface area contributed by atoms with Gasteiger partial charge in [0.1, 0.15) is 11.6 Å². The third kappa shape index (κ3) is 3.39. The topological polar surface area (TPSA) is 112 Å². The molecule has 3 atom stereocenters. The summed E-state index contributed by atoms with van der Waals surface area (Å²) in [6.07, 6.45) is 8.99. The number of carbonyl (C=O) groups is 1. The van der Waals surface area contributed by atoms with E-state index in [1.807, 2.05) is 44.6 Å². The first kappa shape index (κ1) is 19.2. The monoisotopic (exact) mass is 413 g/mol. The van der Waals surface area contributed by atoms with Crippen molar-refractivity contribution in [3.63, 3.8) is 0 Å². The fourth-order valence-electron chi connectivity index (χ4n) is 4.31. The highest BCUT2D eigenvalue weighted by Gasteiger charge is 2.52. The summed E-state index contributed by atoms with van der Waals surface area (Å²) in [5.41, 5.74) is 10.0. The Morgan fingerprint density at radius 3 is 2.81 bits per heavy atom. The molecule has 0 aromatic carbocycles. The first-order chi connectivity index (χ1) is 14.9. The van der Waals surface area contributed by atoms with Crippen LogP contribution in [0.1, 0.15) is 24.0 Å². The van der Waals surface area contributed by atoms with Crippen LogP contribution < -0.4 is 11.1 Å². The Balaban J connectivity index is 1.42. The first-order valence-electron chi connectivity index (χ1n) is 10.2. The van der Waals surface area contributed by atoms with Crippen LogP contribution in [0.15, 0.2) is 49.2 Å². The molecule has 5 rings (SSSR count). The third-order valence-corrected chi connectivity index (χ3v) is 6.10. The maximum atomic E-state index is 12.9. The summed E-state index contributed by atoms with van der Waals surface area (Å²) in [6, 6.07) is 5.73. The molecule has 0 aliphatic heterocycles. The Kier molecular flexibility index (Phi) is 4.43. The zero-order valence-electron chi connectivity index (χ0n) is 17.6. The van der Waals surface area contributed by atoms with Gasteiger partial charge in [0, 0.05) is 54.6 Å². The Morgan fingerprint density at radius 1 is 1.23 bits per heavy atom. The average Bonchev–Trinajstić information content (AvgIpc) is 3.22. The molecule has 1 fully saturated rings. The quantitative estimate of drug-likeness (QED) is 0.531. The molecule has 8 nitrogen and oxygen atoms in total. The van der Waals surface area contributed by atoms with Gasteiger partial charge in [-0.1, -0.05) is 6.92 Å². The van der Waals surface area contributed by atoms with Crippen molar-refractivity contribution in [2.45, 2.75) is 19.8 Å². The van der Waals surface area contributed by atoms with Crippen LogP contribution in [0.3, 0.4) is 0 Å². The van der Waals surface area contributed by atoms with Gasteiger partial charge in [0.15, 0.2) is 0 Å². The Morgan fingerprint density at radius 2 is 2.06 bits per heavy atom. The number of nitrogens with one attached hydrogen (secondary N) is 1.